The largest absolute Gasteiger partial charge is 0.375 e. The first-order chi connectivity index (χ1) is 14.7. The summed E-state index contributed by atoms with van der Waals surface area (Å²) in [5, 5.41) is 0.416. The monoisotopic (exact) mass is 495 g/mol. The number of aryl methyl sites for hydroxylation is 1. The highest BCUT2D eigenvalue weighted by atomic mass is 35.5. The normalized spacial score (nSPS) is 11.7. The van der Waals surface area contributed by atoms with E-state index in [0.717, 1.165) is 4.57 Å². The second kappa shape index (κ2) is 8.58. The van der Waals surface area contributed by atoms with Gasteiger partial charge in [0.15, 0.2) is 5.65 Å². The van der Waals surface area contributed by atoms with Crippen LogP contribution in [0.3, 0.4) is 0 Å². The van der Waals surface area contributed by atoms with Crippen LogP contribution in [0, 0.1) is 6.92 Å². The van der Waals surface area contributed by atoms with Crippen LogP contribution in [-0.2, 0) is 15.8 Å². The number of fused-ring (bicyclic) bond motifs is 1. The Morgan fingerprint density at radius 2 is 1.87 bits per heavy atom. The Bertz CT molecular complexity index is 1450. The van der Waals surface area contributed by atoms with Crippen LogP contribution in [0.2, 0.25) is 10.0 Å². The number of thioether (sulfide) groups is 1. The van der Waals surface area contributed by atoms with Crippen LogP contribution >= 0.6 is 35.0 Å². The minimum atomic E-state index is -3.88. The second-order valence-electron chi connectivity index (χ2n) is 6.55. The van der Waals surface area contributed by atoms with E-state index in [-0.39, 0.29) is 20.5 Å². The van der Waals surface area contributed by atoms with Gasteiger partial charge in [-0.1, -0.05) is 35.3 Å². The molecule has 0 aliphatic heterocycles. The van der Waals surface area contributed by atoms with E-state index in [1.807, 2.05) is 0 Å². The topological polar surface area (TPSA) is 93.7 Å². The van der Waals surface area contributed by atoms with E-state index in [0.29, 0.717) is 33.4 Å². The average molecular weight is 496 g/mol. The molecule has 0 radical (unpaired) electrons. The highest BCUT2D eigenvalue weighted by molar-refractivity contribution is 7.98. The molecule has 0 spiro atoms. The number of nitrogens with zero attached hydrogens (tertiary/aromatic N) is 2. The third-order valence-electron chi connectivity index (χ3n) is 4.23. The Morgan fingerprint density at radius 1 is 1.10 bits per heavy atom. The minimum absolute atomic E-state index is 0.00262. The molecule has 4 aromatic rings. The number of benzene rings is 2. The maximum atomic E-state index is 12.8. The molecule has 0 aliphatic carbocycles. The lowest BCUT2D eigenvalue weighted by atomic mass is 10.3. The molecular weight excluding hydrogens is 481 g/mol. The summed E-state index contributed by atoms with van der Waals surface area (Å²) < 4.78 is 34.6. The molecule has 0 bridgehead atoms. The molecule has 0 aliphatic rings. The zero-order valence-corrected chi connectivity index (χ0v) is 19.1. The summed E-state index contributed by atoms with van der Waals surface area (Å²) in [6.07, 6.45) is 0. The van der Waals surface area contributed by atoms with Gasteiger partial charge >= 0.3 is 0 Å². The van der Waals surface area contributed by atoms with Crippen LogP contribution in [0.25, 0.3) is 5.65 Å². The number of anilines is 1. The summed E-state index contributed by atoms with van der Waals surface area (Å²) in [5.74, 6) is 0.943. The molecule has 1 N–H and O–H groups in total. The first-order valence-electron chi connectivity index (χ1n) is 8.92. The van der Waals surface area contributed by atoms with Gasteiger partial charge in [0.05, 0.1) is 26.3 Å². The number of hydrogen-bond donors (Lipinski definition) is 1. The second-order valence-corrected chi connectivity index (χ2v) is 10.1. The number of aromatic nitrogens is 2. The third kappa shape index (κ3) is 4.74. The zero-order chi connectivity index (χ0) is 22.2. The standard InChI is InChI=1S/C20H15Cl2N3O4S2/c1-12-8-19-23-13(9-20(26)25(19)29-12)11-30-18-5-3-2-4-17(18)24-31(27,28)14-6-7-15(21)16(22)10-14/h2-10,24H,11H2,1H3. The number of para-hydroxylation sites is 1. The van der Waals surface area contributed by atoms with Crippen LogP contribution in [0.5, 0.6) is 0 Å². The fraction of sp³-hybridized carbons (Fsp3) is 0.100. The van der Waals surface area contributed by atoms with Crippen LogP contribution in [0.15, 0.2) is 73.7 Å². The van der Waals surface area contributed by atoms with Crippen molar-refractivity contribution in [3.8, 4) is 0 Å². The zero-order valence-electron chi connectivity index (χ0n) is 16.0. The van der Waals surface area contributed by atoms with Crippen molar-refractivity contribution in [1.29, 1.82) is 0 Å². The molecule has 11 heteroatoms. The number of rotatable bonds is 6. The van der Waals surface area contributed by atoms with E-state index >= 15 is 0 Å². The van der Waals surface area contributed by atoms with Crippen molar-refractivity contribution in [2.24, 2.45) is 0 Å². The van der Waals surface area contributed by atoms with Gasteiger partial charge in [0.1, 0.15) is 5.76 Å². The summed E-state index contributed by atoms with van der Waals surface area (Å²) in [6.45, 7) is 1.73. The average Bonchev–Trinajstić information content (AvgIpc) is 3.10. The molecule has 0 unspecified atom stereocenters. The summed E-state index contributed by atoms with van der Waals surface area (Å²) in [5.41, 5.74) is 1.06. The molecule has 4 rings (SSSR count). The number of halogens is 2. The lowest BCUT2D eigenvalue weighted by molar-refractivity contribution is 0.344. The van der Waals surface area contributed by atoms with Gasteiger partial charge < -0.3 is 4.52 Å². The highest BCUT2D eigenvalue weighted by Crippen LogP contribution is 2.32. The number of sulfonamides is 1. The first kappa shape index (κ1) is 21.8. The molecule has 31 heavy (non-hydrogen) atoms. The van der Waals surface area contributed by atoms with Crippen molar-refractivity contribution in [3.63, 3.8) is 0 Å². The van der Waals surface area contributed by atoms with Crippen LogP contribution in [-0.4, -0.2) is 18.0 Å². The van der Waals surface area contributed by atoms with E-state index in [4.69, 9.17) is 27.7 Å². The van der Waals surface area contributed by atoms with Gasteiger partial charge in [0.2, 0.25) is 0 Å². The van der Waals surface area contributed by atoms with Crippen molar-refractivity contribution < 1.29 is 12.9 Å². The molecule has 2 aromatic carbocycles. The summed E-state index contributed by atoms with van der Waals surface area (Å²) in [6, 6.07) is 14.1. The van der Waals surface area contributed by atoms with E-state index in [2.05, 4.69) is 9.71 Å². The number of hydrogen-bond acceptors (Lipinski definition) is 6. The van der Waals surface area contributed by atoms with Crippen LogP contribution in [0.1, 0.15) is 11.5 Å². The molecule has 0 amide bonds. The minimum Gasteiger partial charge on any atom is -0.375 e. The van der Waals surface area contributed by atoms with Crippen molar-refractivity contribution in [2.75, 3.05) is 4.72 Å². The Hall–Kier alpha value is -2.46. The van der Waals surface area contributed by atoms with Crippen molar-refractivity contribution >= 4 is 56.3 Å². The molecular formula is C20H15Cl2N3O4S2. The van der Waals surface area contributed by atoms with Crippen molar-refractivity contribution in [1.82, 2.24) is 9.56 Å². The Balaban J connectivity index is 1.57. The Morgan fingerprint density at radius 3 is 2.65 bits per heavy atom. The molecule has 0 saturated heterocycles. The van der Waals surface area contributed by atoms with Gasteiger partial charge in [-0.15, -0.1) is 16.3 Å². The summed E-state index contributed by atoms with van der Waals surface area (Å²) in [7, 11) is -3.88. The summed E-state index contributed by atoms with van der Waals surface area (Å²) >= 11 is 13.2. The fourth-order valence-corrected chi connectivity index (χ4v) is 5.26. The van der Waals surface area contributed by atoms with E-state index in [9.17, 15) is 13.2 Å². The van der Waals surface area contributed by atoms with Crippen molar-refractivity contribution in [2.45, 2.75) is 22.5 Å². The van der Waals surface area contributed by atoms with Gasteiger partial charge in [0, 0.05) is 22.8 Å². The smallest absolute Gasteiger partial charge is 0.287 e. The molecule has 2 heterocycles. The Kier molecular flexibility index (Phi) is 6.02. The van der Waals surface area contributed by atoms with Crippen LogP contribution in [0.4, 0.5) is 5.69 Å². The quantitative estimate of drug-likeness (QED) is 0.378. The molecule has 0 atom stereocenters. The third-order valence-corrected chi connectivity index (χ3v) is 7.44. The molecule has 0 fully saturated rings. The van der Waals surface area contributed by atoms with E-state index in [1.165, 1.54) is 36.0 Å². The highest BCUT2D eigenvalue weighted by Gasteiger charge is 2.18. The molecule has 2 aromatic heterocycles. The first-order valence-corrected chi connectivity index (χ1v) is 12.1. The SMILES string of the molecule is Cc1cc2nc(CSc3ccccc3NS(=O)(=O)c3ccc(Cl)c(Cl)c3)cc(=O)n2o1. The molecule has 7 nitrogen and oxygen atoms in total. The maximum absolute atomic E-state index is 12.8. The van der Waals surface area contributed by atoms with Crippen LogP contribution < -0.4 is 10.3 Å². The maximum Gasteiger partial charge on any atom is 0.287 e. The van der Waals surface area contributed by atoms with Gasteiger partial charge in [-0.2, -0.15) is 0 Å². The van der Waals surface area contributed by atoms with Crippen molar-refractivity contribution in [3.05, 3.63) is 86.5 Å². The number of nitrogens with one attached hydrogen (secondary N) is 1. The predicted molar refractivity (Wildman–Crippen MR) is 122 cm³/mol. The van der Waals surface area contributed by atoms with Gasteiger partial charge in [0.25, 0.3) is 15.6 Å². The summed E-state index contributed by atoms with van der Waals surface area (Å²) in [4.78, 5) is 17.3. The van der Waals surface area contributed by atoms with Gasteiger partial charge in [-0.3, -0.25) is 9.52 Å². The van der Waals surface area contributed by atoms with E-state index < -0.39 is 10.0 Å². The van der Waals surface area contributed by atoms with Gasteiger partial charge in [-0.25, -0.2) is 13.4 Å². The Labute approximate surface area is 192 Å². The lowest BCUT2D eigenvalue weighted by Crippen LogP contribution is -2.14. The molecule has 0 saturated carbocycles. The molecule has 160 valence electrons. The predicted octanol–water partition coefficient (Wildman–Crippen LogP) is 5.00. The van der Waals surface area contributed by atoms with E-state index in [1.54, 1.807) is 37.3 Å². The fourth-order valence-electron chi connectivity index (χ4n) is 2.82. The van der Waals surface area contributed by atoms with Gasteiger partial charge in [-0.05, 0) is 37.3 Å². The lowest BCUT2D eigenvalue weighted by Gasteiger charge is -2.12.